The predicted octanol–water partition coefficient (Wildman–Crippen LogP) is 2.11. The van der Waals surface area contributed by atoms with E-state index in [-0.39, 0.29) is 36.0 Å². The van der Waals surface area contributed by atoms with Gasteiger partial charge in [-0.2, -0.15) is 4.31 Å². The van der Waals surface area contributed by atoms with Gasteiger partial charge in [0.15, 0.2) is 0 Å². The predicted molar refractivity (Wildman–Crippen MR) is 118 cm³/mol. The Kier molecular flexibility index (Phi) is 7.81. The van der Waals surface area contributed by atoms with E-state index in [1.165, 1.54) is 28.6 Å². The van der Waals surface area contributed by atoms with Crippen molar-refractivity contribution in [3.63, 3.8) is 0 Å². The van der Waals surface area contributed by atoms with E-state index >= 15 is 0 Å². The van der Waals surface area contributed by atoms with Gasteiger partial charge in [0.2, 0.25) is 20.0 Å². The average molecular weight is 518 g/mol. The zero-order valence-electron chi connectivity index (χ0n) is 17.8. The van der Waals surface area contributed by atoms with Gasteiger partial charge in [-0.1, -0.05) is 6.58 Å². The Morgan fingerprint density at radius 2 is 1.71 bits per heavy atom. The summed E-state index contributed by atoms with van der Waals surface area (Å²) in [5.41, 5.74) is -0.451. The molecule has 2 N–H and O–H groups in total. The number of hydrogen-bond acceptors (Lipinski definition) is 5. The van der Waals surface area contributed by atoms with Crippen molar-refractivity contribution < 1.29 is 34.8 Å². The van der Waals surface area contributed by atoms with Gasteiger partial charge in [0.1, 0.15) is 17.5 Å². The van der Waals surface area contributed by atoms with Gasteiger partial charge in [0.05, 0.1) is 4.90 Å². The molecule has 34 heavy (non-hydrogen) atoms. The molecule has 2 aromatic carbocycles. The van der Waals surface area contributed by atoms with Gasteiger partial charge in [-0.15, -0.1) is 0 Å². The third-order valence-electron chi connectivity index (χ3n) is 5.33. The number of sulfonamides is 2. The minimum atomic E-state index is -3.87. The van der Waals surface area contributed by atoms with Crippen LogP contribution in [-0.2, 0) is 26.6 Å². The molecule has 8 nitrogen and oxygen atoms in total. The maximum atomic E-state index is 13.7. The lowest BCUT2D eigenvalue weighted by Gasteiger charge is -2.17. The Balaban J connectivity index is 1.62. The molecule has 1 amide bonds. The Hall–Kier alpha value is -2.74. The molecule has 1 heterocycles. The van der Waals surface area contributed by atoms with Crippen molar-refractivity contribution in [1.82, 2.24) is 14.3 Å². The second-order valence-corrected chi connectivity index (χ2v) is 11.3. The van der Waals surface area contributed by atoms with Gasteiger partial charge in [0, 0.05) is 54.8 Å². The number of nitrogens with one attached hydrogen (secondary N) is 2. The molecule has 0 saturated carbocycles. The van der Waals surface area contributed by atoms with Gasteiger partial charge in [-0.05, 0) is 36.6 Å². The number of carbonyl (C=O) groups excluding carboxylic acids is 1. The van der Waals surface area contributed by atoms with Crippen LogP contribution in [0.4, 0.5) is 13.2 Å². The highest BCUT2D eigenvalue weighted by Crippen LogP contribution is 2.24. The number of rotatable bonds is 9. The normalized spacial score (nSPS) is 17.0. The molecule has 0 aliphatic carbocycles. The third-order valence-corrected chi connectivity index (χ3v) is 8.21. The number of hydrogen-bond donors (Lipinski definition) is 2. The topological polar surface area (TPSA) is 113 Å². The van der Waals surface area contributed by atoms with Crippen LogP contribution in [0.5, 0.6) is 0 Å². The van der Waals surface area contributed by atoms with E-state index in [1.807, 2.05) is 0 Å². The first-order chi connectivity index (χ1) is 15.9. The van der Waals surface area contributed by atoms with Crippen LogP contribution in [-0.4, -0.2) is 46.7 Å². The fourth-order valence-corrected chi connectivity index (χ4v) is 5.53. The maximum absolute atomic E-state index is 13.7. The standard InChI is InChI=1S/C21H22F3N3O5S2/c1-2-33(29,30)26-11-14-7-8-27(13-14)34(31,32)17-5-3-15(4-6-17)21(28)25-12-18-19(23)9-16(22)10-20(18)24/h2-6,9-10,14,26H,1,7-8,11-13H2,(H,25,28)/t14-/m1/s1. The lowest BCUT2D eigenvalue weighted by molar-refractivity contribution is 0.0950. The molecule has 1 fully saturated rings. The molecule has 3 rings (SSSR count). The third kappa shape index (κ3) is 6.03. The minimum Gasteiger partial charge on any atom is -0.348 e. The van der Waals surface area contributed by atoms with E-state index in [9.17, 15) is 34.8 Å². The lowest BCUT2D eigenvalue weighted by atomic mass is 10.1. The monoisotopic (exact) mass is 517 g/mol. The van der Waals surface area contributed by atoms with E-state index < -0.39 is 55.5 Å². The van der Waals surface area contributed by atoms with E-state index in [2.05, 4.69) is 16.6 Å². The molecule has 2 aromatic rings. The summed E-state index contributed by atoms with van der Waals surface area (Å²) in [6.45, 7) is 3.08. The summed E-state index contributed by atoms with van der Waals surface area (Å²) < 4.78 is 92.7. The summed E-state index contributed by atoms with van der Waals surface area (Å²) in [4.78, 5) is 12.2. The van der Waals surface area contributed by atoms with Crippen LogP contribution in [0.25, 0.3) is 0 Å². The molecule has 0 aromatic heterocycles. The molecule has 1 saturated heterocycles. The maximum Gasteiger partial charge on any atom is 0.251 e. The van der Waals surface area contributed by atoms with Crippen LogP contribution in [0.1, 0.15) is 22.3 Å². The number of benzene rings is 2. The first kappa shape index (κ1) is 25.9. The van der Waals surface area contributed by atoms with E-state index in [0.717, 1.165) is 5.41 Å². The largest absolute Gasteiger partial charge is 0.348 e. The summed E-state index contributed by atoms with van der Waals surface area (Å²) in [6, 6.07) is 5.98. The molecule has 0 spiro atoms. The summed E-state index contributed by atoms with van der Waals surface area (Å²) in [5.74, 6) is -4.27. The van der Waals surface area contributed by atoms with E-state index in [4.69, 9.17) is 0 Å². The van der Waals surface area contributed by atoms with Gasteiger partial charge in [-0.3, -0.25) is 4.79 Å². The smallest absolute Gasteiger partial charge is 0.251 e. The van der Waals surface area contributed by atoms with Crippen LogP contribution in [0.15, 0.2) is 53.3 Å². The molecule has 13 heteroatoms. The Morgan fingerprint density at radius 3 is 2.29 bits per heavy atom. The molecule has 0 bridgehead atoms. The summed E-state index contributed by atoms with van der Waals surface area (Å²) in [5, 5.41) is 3.08. The van der Waals surface area contributed by atoms with Crippen molar-refractivity contribution in [2.45, 2.75) is 17.9 Å². The van der Waals surface area contributed by atoms with Crippen molar-refractivity contribution in [3.05, 3.63) is 77.0 Å². The minimum absolute atomic E-state index is 0.0556. The number of amides is 1. The molecule has 184 valence electrons. The lowest BCUT2D eigenvalue weighted by Crippen LogP contribution is -2.32. The first-order valence-corrected chi connectivity index (χ1v) is 13.1. The second-order valence-electron chi connectivity index (χ2n) is 7.63. The summed E-state index contributed by atoms with van der Waals surface area (Å²) >= 11 is 0. The van der Waals surface area contributed by atoms with Crippen LogP contribution in [0.3, 0.4) is 0 Å². The van der Waals surface area contributed by atoms with Crippen LogP contribution in [0, 0.1) is 23.4 Å². The number of carbonyl (C=O) groups is 1. The quantitative estimate of drug-likeness (QED) is 0.529. The fourth-order valence-electron chi connectivity index (χ4n) is 3.41. The Bertz CT molecular complexity index is 1280. The van der Waals surface area contributed by atoms with E-state index in [0.29, 0.717) is 18.6 Å². The molecule has 1 aliphatic heterocycles. The fraction of sp³-hybridized carbons (Fsp3) is 0.286. The zero-order valence-corrected chi connectivity index (χ0v) is 19.4. The molecular weight excluding hydrogens is 495 g/mol. The highest BCUT2D eigenvalue weighted by Gasteiger charge is 2.33. The highest BCUT2D eigenvalue weighted by atomic mass is 32.2. The van der Waals surface area contributed by atoms with Crippen molar-refractivity contribution in [1.29, 1.82) is 0 Å². The molecule has 1 aliphatic rings. The Morgan fingerprint density at radius 1 is 1.09 bits per heavy atom. The molecule has 0 radical (unpaired) electrons. The molecular formula is C21H22F3N3O5S2. The van der Waals surface area contributed by atoms with Crippen molar-refractivity contribution >= 4 is 26.0 Å². The van der Waals surface area contributed by atoms with Gasteiger partial charge in [-0.25, -0.2) is 34.7 Å². The van der Waals surface area contributed by atoms with Gasteiger partial charge < -0.3 is 5.32 Å². The van der Waals surface area contributed by atoms with E-state index in [1.54, 1.807) is 0 Å². The average Bonchev–Trinajstić information content (AvgIpc) is 3.27. The second kappa shape index (κ2) is 10.3. The number of nitrogens with zero attached hydrogens (tertiary/aromatic N) is 1. The van der Waals surface area contributed by atoms with Crippen molar-refractivity contribution in [2.75, 3.05) is 19.6 Å². The highest BCUT2D eigenvalue weighted by molar-refractivity contribution is 7.92. The summed E-state index contributed by atoms with van der Waals surface area (Å²) in [7, 11) is -7.48. The van der Waals surface area contributed by atoms with Crippen molar-refractivity contribution in [3.8, 4) is 0 Å². The van der Waals surface area contributed by atoms with Gasteiger partial charge in [0.25, 0.3) is 5.91 Å². The van der Waals surface area contributed by atoms with Crippen LogP contribution >= 0.6 is 0 Å². The first-order valence-electron chi connectivity index (χ1n) is 10.1. The van der Waals surface area contributed by atoms with Gasteiger partial charge >= 0.3 is 0 Å². The summed E-state index contributed by atoms with van der Waals surface area (Å²) in [6.07, 6.45) is 0.468. The molecule has 0 unspecified atom stereocenters. The van der Waals surface area contributed by atoms with Crippen LogP contribution in [0.2, 0.25) is 0 Å². The Labute approximate surface area is 195 Å². The number of halogens is 3. The SMILES string of the molecule is C=CS(=O)(=O)NC[C@H]1CCN(S(=O)(=O)c2ccc(C(=O)NCc3c(F)cc(F)cc3F)cc2)C1. The van der Waals surface area contributed by atoms with Crippen LogP contribution < -0.4 is 10.0 Å². The van der Waals surface area contributed by atoms with Crippen molar-refractivity contribution in [2.24, 2.45) is 5.92 Å². The molecule has 1 atom stereocenters. The zero-order chi connectivity index (χ0) is 25.1.